The Morgan fingerprint density at radius 1 is 1.20 bits per heavy atom. The highest BCUT2D eigenvalue weighted by Gasteiger charge is 2.30. The number of fused-ring (bicyclic) bond motifs is 1. The topological polar surface area (TPSA) is 81.7 Å². The Labute approximate surface area is 239 Å². The first-order chi connectivity index (χ1) is 19.6. The van der Waals surface area contributed by atoms with Crippen LogP contribution in [0.4, 0.5) is 14.5 Å². The van der Waals surface area contributed by atoms with Gasteiger partial charge in [0.2, 0.25) is 6.43 Å². The molecule has 0 radical (unpaired) electrons. The summed E-state index contributed by atoms with van der Waals surface area (Å²) in [7, 11) is 0. The van der Waals surface area contributed by atoms with E-state index in [1.54, 1.807) is 24.5 Å². The SMILES string of the molecule is C=C(CCC(F)F)C1=C(CN2CCN(c3ccc(C(=O)O)c(Oc4cnc5[nH]ccc5c4)c3)CC2)CCC(C)(C)C1. The predicted octanol–water partition coefficient (Wildman–Crippen LogP) is 7.28. The number of hydrogen-bond acceptors (Lipinski definition) is 5. The molecule has 41 heavy (non-hydrogen) atoms. The maximum atomic E-state index is 12.9. The van der Waals surface area contributed by atoms with Crippen LogP contribution in [0.5, 0.6) is 11.5 Å². The highest BCUT2D eigenvalue weighted by Crippen LogP contribution is 2.42. The van der Waals surface area contributed by atoms with Gasteiger partial charge in [0.25, 0.3) is 0 Å². The van der Waals surface area contributed by atoms with Crippen LogP contribution in [0.2, 0.25) is 0 Å². The maximum Gasteiger partial charge on any atom is 0.339 e. The van der Waals surface area contributed by atoms with E-state index in [1.165, 1.54) is 11.1 Å². The lowest BCUT2D eigenvalue weighted by Gasteiger charge is -2.39. The van der Waals surface area contributed by atoms with Gasteiger partial charge < -0.3 is 19.7 Å². The largest absolute Gasteiger partial charge is 0.478 e. The molecule has 3 heterocycles. The summed E-state index contributed by atoms with van der Waals surface area (Å²) in [5, 5.41) is 10.6. The molecule has 2 aliphatic rings. The van der Waals surface area contributed by atoms with Gasteiger partial charge in [-0.2, -0.15) is 0 Å². The van der Waals surface area contributed by atoms with E-state index in [2.05, 4.69) is 40.2 Å². The summed E-state index contributed by atoms with van der Waals surface area (Å²) in [6.45, 7) is 12.8. The Kier molecular flexibility index (Phi) is 8.45. The zero-order valence-electron chi connectivity index (χ0n) is 23.8. The third kappa shape index (κ3) is 6.96. The predicted molar refractivity (Wildman–Crippen MR) is 157 cm³/mol. The number of allylic oxidation sites excluding steroid dienone is 2. The Bertz CT molecular complexity index is 1450. The van der Waals surface area contributed by atoms with Gasteiger partial charge in [-0.05, 0) is 60.9 Å². The lowest BCUT2D eigenvalue weighted by molar-refractivity contribution is 0.0694. The van der Waals surface area contributed by atoms with Gasteiger partial charge in [-0.25, -0.2) is 18.6 Å². The third-order valence-electron chi connectivity index (χ3n) is 8.23. The third-order valence-corrected chi connectivity index (χ3v) is 8.23. The summed E-state index contributed by atoms with van der Waals surface area (Å²) < 4.78 is 31.8. The van der Waals surface area contributed by atoms with E-state index in [-0.39, 0.29) is 23.1 Å². The summed E-state index contributed by atoms with van der Waals surface area (Å²) in [5.74, 6) is -0.311. The number of anilines is 1. The molecule has 1 fully saturated rings. The highest BCUT2D eigenvalue weighted by atomic mass is 19.3. The smallest absolute Gasteiger partial charge is 0.339 e. The van der Waals surface area contributed by atoms with E-state index < -0.39 is 12.4 Å². The number of carboxylic acid groups (broad SMARTS) is 1. The van der Waals surface area contributed by atoms with Gasteiger partial charge in [0.15, 0.2) is 0 Å². The second-order valence-corrected chi connectivity index (χ2v) is 11.9. The number of alkyl halides is 2. The van der Waals surface area contributed by atoms with E-state index in [0.717, 1.165) is 74.3 Å². The minimum atomic E-state index is -2.31. The van der Waals surface area contributed by atoms with Crippen LogP contribution in [0.1, 0.15) is 56.3 Å². The van der Waals surface area contributed by atoms with Crippen molar-refractivity contribution in [2.45, 2.75) is 52.4 Å². The number of carbonyl (C=O) groups is 1. The van der Waals surface area contributed by atoms with E-state index >= 15 is 0 Å². The maximum absolute atomic E-state index is 12.9. The van der Waals surface area contributed by atoms with Crippen molar-refractivity contribution in [1.82, 2.24) is 14.9 Å². The van der Waals surface area contributed by atoms with Crippen molar-refractivity contribution < 1.29 is 23.4 Å². The fraction of sp³-hybridized carbons (Fsp3) is 0.438. The summed E-state index contributed by atoms with van der Waals surface area (Å²) in [5.41, 5.74) is 5.28. The number of rotatable bonds is 10. The number of aromatic amines is 1. The highest BCUT2D eigenvalue weighted by molar-refractivity contribution is 5.92. The average Bonchev–Trinajstić information content (AvgIpc) is 3.41. The first kappa shape index (κ1) is 28.8. The second kappa shape index (κ2) is 12.0. The van der Waals surface area contributed by atoms with Crippen molar-refractivity contribution in [2.75, 3.05) is 37.6 Å². The zero-order valence-corrected chi connectivity index (χ0v) is 23.8. The molecule has 2 aromatic heterocycles. The number of benzene rings is 1. The molecule has 0 unspecified atom stereocenters. The molecule has 9 heteroatoms. The number of carboxylic acids is 1. The Morgan fingerprint density at radius 2 is 1.98 bits per heavy atom. The van der Waals surface area contributed by atoms with Crippen LogP contribution in [0.25, 0.3) is 11.0 Å². The molecule has 1 saturated heterocycles. The zero-order chi connectivity index (χ0) is 29.1. The molecule has 0 bridgehead atoms. The van der Waals surface area contributed by atoms with Gasteiger partial charge >= 0.3 is 5.97 Å². The molecule has 3 aromatic rings. The number of aromatic nitrogens is 2. The first-order valence-electron chi connectivity index (χ1n) is 14.2. The lowest BCUT2D eigenvalue weighted by atomic mass is 9.72. The normalized spacial score (nSPS) is 17.8. The van der Waals surface area contributed by atoms with Crippen LogP contribution >= 0.6 is 0 Å². The summed E-state index contributed by atoms with van der Waals surface area (Å²) in [4.78, 5) is 24.0. The number of pyridine rings is 1. The minimum absolute atomic E-state index is 0.0910. The van der Waals surface area contributed by atoms with E-state index in [9.17, 15) is 18.7 Å². The Balaban J connectivity index is 1.27. The quantitative estimate of drug-likeness (QED) is 0.269. The first-order valence-corrected chi connectivity index (χ1v) is 14.2. The van der Waals surface area contributed by atoms with Crippen LogP contribution in [0, 0.1) is 5.41 Å². The van der Waals surface area contributed by atoms with E-state index in [1.807, 2.05) is 18.2 Å². The van der Waals surface area contributed by atoms with Crippen molar-refractivity contribution >= 4 is 22.7 Å². The Morgan fingerprint density at radius 3 is 2.71 bits per heavy atom. The number of aromatic carboxylic acids is 1. The standard InChI is InChI=1S/C32H38F2N4O3/c1-21(4-7-29(33)34)27-18-32(2,3)10-8-23(27)20-37-12-14-38(15-13-37)24-5-6-26(31(39)40)28(17-24)41-25-16-22-9-11-35-30(22)36-19-25/h5-6,9,11,16-17,19,29H,1,4,7-8,10,12-15,18,20H2,2-3H3,(H,35,36)(H,39,40). The molecule has 1 aliphatic heterocycles. The number of piperazine rings is 1. The van der Waals surface area contributed by atoms with Crippen LogP contribution in [0.3, 0.4) is 0 Å². The summed E-state index contributed by atoms with van der Waals surface area (Å²) in [6, 6.07) is 8.92. The number of nitrogens with zero attached hydrogens (tertiary/aromatic N) is 3. The van der Waals surface area contributed by atoms with E-state index in [0.29, 0.717) is 12.2 Å². The van der Waals surface area contributed by atoms with Gasteiger partial charge in [0, 0.05) is 62.5 Å². The lowest BCUT2D eigenvalue weighted by Crippen LogP contribution is -2.47. The van der Waals surface area contributed by atoms with Crippen molar-refractivity contribution in [3.63, 3.8) is 0 Å². The molecule has 1 aliphatic carbocycles. The summed E-state index contributed by atoms with van der Waals surface area (Å²) >= 11 is 0. The molecule has 0 spiro atoms. The van der Waals surface area contributed by atoms with E-state index in [4.69, 9.17) is 4.74 Å². The monoisotopic (exact) mass is 564 g/mol. The molecule has 218 valence electrons. The molecular weight excluding hydrogens is 526 g/mol. The van der Waals surface area contributed by atoms with Crippen LogP contribution < -0.4 is 9.64 Å². The fourth-order valence-electron chi connectivity index (χ4n) is 5.82. The number of ether oxygens (including phenoxy) is 1. The molecule has 5 rings (SSSR count). The minimum Gasteiger partial charge on any atom is -0.478 e. The van der Waals surface area contributed by atoms with Crippen molar-refractivity contribution in [3.05, 3.63) is 71.6 Å². The van der Waals surface area contributed by atoms with Crippen LogP contribution in [-0.2, 0) is 0 Å². The number of H-pyrrole nitrogens is 1. The van der Waals surface area contributed by atoms with Gasteiger partial charge in [-0.15, -0.1) is 0 Å². The molecular formula is C32H38F2N4O3. The Hall–Kier alpha value is -3.72. The molecule has 7 nitrogen and oxygen atoms in total. The van der Waals surface area contributed by atoms with Crippen molar-refractivity contribution in [3.8, 4) is 11.5 Å². The molecule has 0 saturated carbocycles. The molecule has 2 N–H and O–H groups in total. The van der Waals surface area contributed by atoms with Crippen LogP contribution in [-0.4, -0.2) is 65.1 Å². The van der Waals surface area contributed by atoms with Gasteiger partial charge in [0.1, 0.15) is 22.7 Å². The fourth-order valence-corrected chi connectivity index (χ4v) is 5.82. The molecule has 0 atom stereocenters. The molecule has 1 aromatic carbocycles. The second-order valence-electron chi connectivity index (χ2n) is 11.9. The number of hydrogen-bond donors (Lipinski definition) is 2. The van der Waals surface area contributed by atoms with Gasteiger partial charge in [0.05, 0.1) is 6.20 Å². The summed E-state index contributed by atoms with van der Waals surface area (Å²) in [6.07, 6.45) is 4.19. The number of nitrogens with one attached hydrogen (secondary N) is 1. The number of halogens is 2. The average molecular weight is 565 g/mol. The van der Waals surface area contributed by atoms with Crippen molar-refractivity contribution in [2.24, 2.45) is 5.41 Å². The van der Waals surface area contributed by atoms with Crippen LogP contribution in [0.15, 0.2) is 66.0 Å². The van der Waals surface area contributed by atoms with Gasteiger partial charge in [-0.3, -0.25) is 4.90 Å². The van der Waals surface area contributed by atoms with Gasteiger partial charge in [-0.1, -0.05) is 31.6 Å². The molecule has 0 amide bonds. The van der Waals surface area contributed by atoms with Crippen molar-refractivity contribution in [1.29, 1.82) is 0 Å².